The van der Waals surface area contributed by atoms with Gasteiger partial charge in [-0.05, 0) is 50.4 Å². The molecule has 3 rings (SSSR count). The number of nitrogens with zero attached hydrogens (tertiary/aromatic N) is 3. The van der Waals surface area contributed by atoms with Gasteiger partial charge in [0.2, 0.25) is 5.91 Å². The summed E-state index contributed by atoms with van der Waals surface area (Å²) in [6.45, 7) is 5.07. The van der Waals surface area contributed by atoms with Crippen molar-refractivity contribution in [2.75, 3.05) is 60.6 Å². The van der Waals surface area contributed by atoms with Crippen molar-refractivity contribution in [1.82, 2.24) is 14.9 Å². The fourth-order valence-corrected chi connectivity index (χ4v) is 4.12. The van der Waals surface area contributed by atoms with Crippen LogP contribution < -0.4 is 9.47 Å². The second kappa shape index (κ2) is 10.8. The van der Waals surface area contributed by atoms with Crippen molar-refractivity contribution in [3.63, 3.8) is 0 Å². The molecule has 0 radical (unpaired) electrons. The zero-order chi connectivity index (χ0) is 20.6. The second-order valence-corrected chi connectivity index (χ2v) is 7.92. The number of hydroxylamine groups is 2. The van der Waals surface area contributed by atoms with Crippen LogP contribution in [0.4, 0.5) is 0 Å². The van der Waals surface area contributed by atoms with Crippen molar-refractivity contribution in [2.24, 2.45) is 0 Å². The van der Waals surface area contributed by atoms with Gasteiger partial charge in [-0.15, -0.1) is 0 Å². The van der Waals surface area contributed by atoms with Crippen LogP contribution in [0, 0.1) is 0 Å². The molecule has 0 bridgehead atoms. The van der Waals surface area contributed by atoms with E-state index < -0.39 is 0 Å². The van der Waals surface area contributed by atoms with Gasteiger partial charge in [0.05, 0.1) is 20.8 Å². The highest BCUT2D eigenvalue weighted by Gasteiger charge is 2.26. The van der Waals surface area contributed by atoms with Gasteiger partial charge in [-0.2, -0.15) is 5.06 Å². The number of likely N-dealkylation sites (N-methyl/N-ethyl adjacent to an activating group) is 1. The molecule has 0 unspecified atom stereocenters. The Hall–Kier alpha value is -1.83. The van der Waals surface area contributed by atoms with Gasteiger partial charge in [0.15, 0.2) is 11.5 Å². The maximum absolute atomic E-state index is 12.6. The Morgan fingerprint density at radius 1 is 1.21 bits per heavy atom. The Morgan fingerprint density at radius 3 is 2.76 bits per heavy atom. The van der Waals surface area contributed by atoms with E-state index >= 15 is 0 Å². The van der Waals surface area contributed by atoms with Crippen molar-refractivity contribution >= 4 is 5.91 Å². The average Bonchev–Trinajstić information content (AvgIpc) is 3.29. The number of rotatable bonds is 9. The van der Waals surface area contributed by atoms with Crippen LogP contribution in [0.5, 0.6) is 11.5 Å². The fourth-order valence-electron chi connectivity index (χ4n) is 4.12. The smallest absolute Gasteiger partial charge is 0.224 e. The van der Waals surface area contributed by atoms with Crippen molar-refractivity contribution in [1.29, 1.82) is 0 Å². The molecule has 2 aliphatic heterocycles. The SMILES string of the molecule is COc1ccc(CCN(C)[C@H]2CCCN(C(=O)CCN3CCCO3)C2)cc1OC. The lowest BCUT2D eigenvalue weighted by molar-refractivity contribution is -0.140. The molecule has 7 heteroatoms. The highest BCUT2D eigenvalue weighted by molar-refractivity contribution is 5.76. The molecule has 2 aliphatic rings. The molecule has 0 saturated carbocycles. The minimum Gasteiger partial charge on any atom is -0.493 e. The van der Waals surface area contributed by atoms with E-state index in [1.807, 2.05) is 22.1 Å². The molecule has 7 nitrogen and oxygen atoms in total. The Labute approximate surface area is 174 Å². The number of piperidine rings is 1. The van der Waals surface area contributed by atoms with E-state index in [9.17, 15) is 4.79 Å². The number of hydrogen-bond acceptors (Lipinski definition) is 6. The molecule has 2 saturated heterocycles. The zero-order valence-corrected chi connectivity index (χ0v) is 18.1. The molecule has 1 atom stereocenters. The third-order valence-corrected chi connectivity index (χ3v) is 5.97. The van der Waals surface area contributed by atoms with Crippen LogP contribution in [0.25, 0.3) is 0 Å². The molecule has 29 heavy (non-hydrogen) atoms. The van der Waals surface area contributed by atoms with Crippen molar-refractivity contribution in [2.45, 2.75) is 38.1 Å². The van der Waals surface area contributed by atoms with E-state index in [4.69, 9.17) is 14.3 Å². The Balaban J connectivity index is 1.46. The summed E-state index contributed by atoms with van der Waals surface area (Å²) in [5.41, 5.74) is 1.23. The molecule has 162 valence electrons. The van der Waals surface area contributed by atoms with Crippen LogP contribution >= 0.6 is 0 Å². The van der Waals surface area contributed by atoms with Crippen molar-refractivity contribution < 1.29 is 19.1 Å². The maximum atomic E-state index is 12.6. The molecule has 1 amide bonds. The third kappa shape index (κ3) is 6.07. The summed E-state index contributed by atoms with van der Waals surface area (Å²) >= 11 is 0. The first kappa shape index (κ1) is 21.9. The van der Waals surface area contributed by atoms with Gasteiger partial charge in [0.25, 0.3) is 0 Å². The van der Waals surface area contributed by atoms with Gasteiger partial charge in [0.1, 0.15) is 0 Å². The molecule has 2 fully saturated rings. The first-order valence-electron chi connectivity index (χ1n) is 10.7. The number of amides is 1. The summed E-state index contributed by atoms with van der Waals surface area (Å²) < 4.78 is 10.7. The van der Waals surface area contributed by atoms with Crippen molar-refractivity contribution in [3.8, 4) is 11.5 Å². The van der Waals surface area contributed by atoms with E-state index in [1.54, 1.807) is 14.2 Å². The van der Waals surface area contributed by atoms with E-state index in [-0.39, 0.29) is 5.91 Å². The van der Waals surface area contributed by atoms with E-state index in [0.717, 1.165) is 70.0 Å². The molecule has 1 aromatic rings. The number of benzene rings is 1. The number of carbonyl (C=O) groups excluding carboxylic acids is 1. The zero-order valence-electron chi connectivity index (χ0n) is 18.1. The minimum absolute atomic E-state index is 0.249. The first-order valence-corrected chi connectivity index (χ1v) is 10.7. The second-order valence-electron chi connectivity index (χ2n) is 7.92. The molecular weight excluding hydrogens is 370 g/mol. The van der Waals surface area contributed by atoms with Crippen LogP contribution in [-0.4, -0.2) is 87.4 Å². The van der Waals surface area contributed by atoms with Crippen LogP contribution in [0.2, 0.25) is 0 Å². The molecule has 0 aliphatic carbocycles. The van der Waals surface area contributed by atoms with E-state index in [0.29, 0.717) is 19.0 Å². The highest BCUT2D eigenvalue weighted by atomic mass is 16.7. The fraction of sp³-hybridized carbons (Fsp3) is 0.682. The van der Waals surface area contributed by atoms with Gasteiger partial charge in [-0.3, -0.25) is 9.63 Å². The summed E-state index contributed by atoms with van der Waals surface area (Å²) in [6.07, 6.45) is 4.75. The average molecular weight is 406 g/mol. The standard InChI is InChI=1S/C22H35N3O4/c1-23(13-9-18-7-8-20(27-2)21(16-18)28-3)19-6-4-11-24(17-19)22(26)10-14-25-12-5-15-29-25/h7-8,16,19H,4-6,9-15,17H2,1-3H3/t19-/m0/s1. The first-order chi connectivity index (χ1) is 14.1. The number of likely N-dealkylation sites (tertiary alicyclic amines) is 1. The number of hydrogen-bond donors (Lipinski definition) is 0. The molecule has 0 aromatic heterocycles. The summed E-state index contributed by atoms with van der Waals surface area (Å²) in [7, 11) is 5.48. The van der Waals surface area contributed by atoms with Crippen molar-refractivity contribution in [3.05, 3.63) is 23.8 Å². The molecular formula is C22H35N3O4. The van der Waals surface area contributed by atoms with Crippen LogP contribution in [-0.2, 0) is 16.1 Å². The molecule has 0 N–H and O–H groups in total. The maximum Gasteiger partial charge on any atom is 0.224 e. The summed E-state index contributed by atoms with van der Waals surface area (Å²) in [5, 5.41) is 1.93. The quantitative estimate of drug-likeness (QED) is 0.628. The number of methoxy groups -OCH3 is 2. The van der Waals surface area contributed by atoms with Crippen LogP contribution in [0.15, 0.2) is 18.2 Å². The summed E-state index contributed by atoms with van der Waals surface area (Å²) in [4.78, 5) is 22.6. The molecule has 2 heterocycles. The lowest BCUT2D eigenvalue weighted by atomic mass is 10.0. The van der Waals surface area contributed by atoms with E-state index in [1.165, 1.54) is 5.56 Å². The minimum atomic E-state index is 0.249. The third-order valence-electron chi connectivity index (χ3n) is 5.97. The lowest BCUT2D eigenvalue weighted by Gasteiger charge is -2.38. The van der Waals surface area contributed by atoms with Crippen LogP contribution in [0.3, 0.4) is 0 Å². The Kier molecular flexibility index (Phi) is 8.15. The topological polar surface area (TPSA) is 54.5 Å². The molecule has 0 spiro atoms. The largest absolute Gasteiger partial charge is 0.493 e. The van der Waals surface area contributed by atoms with Gasteiger partial charge < -0.3 is 19.3 Å². The van der Waals surface area contributed by atoms with Gasteiger partial charge in [-0.25, -0.2) is 0 Å². The van der Waals surface area contributed by atoms with E-state index in [2.05, 4.69) is 18.0 Å². The predicted molar refractivity (Wildman–Crippen MR) is 112 cm³/mol. The summed E-state index contributed by atoms with van der Waals surface area (Å²) in [6, 6.07) is 6.51. The molecule has 1 aromatic carbocycles. The lowest BCUT2D eigenvalue weighted by Crippen LogP contribution is -2.49. The summed E-state index contributed by atoms with van der Waals surface area (Å²) in [5.74, 6) is 1.77. The highest BCUT2D eigenvalue weighted by Crippen LogP contribution is 2.28. The number of carbonyl (C=O) groups is 1. The van der Waals surface area contributed by atoms with Gasteiger partial charge in [0, 0.05) is 45.2 Å². The van der Waals surface area contributed by atoms with Crippen LogP contribution in [0.1, 0.15) is 31.2 Å². The Morgan fingerprint density at radius 2 is 2.03 bits per heavy atom. The monoisotopic (exact) mass is 405 g/mol. The Bertz CT molecular complexity index is 663. The normalized spacial score (nSPS) is 20.3. The predicted octanol–water partition coefficient (Wildman–Crippen LogP) is 2.20. The number of ether oxygens (including phenoxy) is 2. The van der Waals surface area contributed by atoms with Gasteiger partial charge in [-0.1, -0.05) is 6.07 Å². The van der Waals surface area contributed by atoms with Gasteiger partial charge >= 0.3 is 0 Å².